The maximum atomic E-state index is 14.0. The molecule has 0 amide bonds. The minimum atomic E-state index is -4.00. The first-order valence-electron chi connectivity index (χ1n) is 8.37. The number of benzene rings is 2. The number of aromatic nitrogens is 2. The molecule has 0 unspecified atom stereocenters. The van der Waals surface area contributed by atoms with E-state index in [1.807, 2.05) is 35.0 Å². The van der Waals surface area contributed by atoms with Gasteiger partial charge >= 0.3 is 0 Å². The number of rotatable bonds is 5. The zero-order chi connectivity index (χ0) is 19.7. The van der Waals surface area contributed by atoms with Crippen LogP contribution in [0.2, 0.25) is 0 Å². The van der Waals surface area contributed by atoms with Crippen molar-refractivity contribution in [1.82, 2.24) is 9.38 Å². The van der Waals surface area contributed by atoms with Gasteiger partial charge in [-0.25, -0.2) is 17.8 Å². The molecule has 0 fully saturated rings. The van der Waals surface area contributed by atoms with E-state index in [-0.39, 0.29) is 10.6 Å². The smallest absolute Gasteiger partial charge is 0.262 e. The molecule has 2 aromatic heterocycles. The Balaban J connectivity index is 1.73. The van der Waals surface area contributed by atoms with Crippen LogP contribution >= 0.6 is 0 Å². The Kier molecular flexibility index (Phi) is 4.48. The topological polar surface area (TPSA) is 72.7 Å². The molecule has 0 atom stereocenters. The number of halogens is 1. The number of nitrogens with one attached hydrogen (secondary N) is 1. The van der Waals surface area contributed by atoms with Crippen molar-refractivity contribution in [2.45, 2.75) is 4.90 Å². The molecule has 0 spiro atoms. The summed E-state index contributed by atoms with van der Waals surface area (Å²) >= 11 is 0. The van der Waals surface area contributed by atoms with E-state index in [1.54, 1.807) is 24.3 Å². The number of fused-ring (bicyclic) bond motifs is 1. The van der Waals surface area contributed by atoms with Gasteiger partial charge in [0.25, 0.3) is 10.0 Å². The van der Waals surface area contributed by atoms with E-state index in [0.29, 0.717) is 16.9 Å². The number of ether oxygens (including phenoxy) is 1. The predicted molar refractivity (Wildman–Crippen MR) is 104 cm³/mol. The molecule has 28 heavy (non-hydrogen) atoms. The van der Waals surface area contributed by atoms with Gasteiger partial charge < -0.3 is 9.14 Å². The van der Waals surface area contributed by atoms with Crippen molar-refractivity contribution >= 4 is 21.4 Å². The molecule has 2 heterocycles. The summed E-state index contributed by atoms with van der Waals surface area (Å²) in [6.07, 6.45) is 3.67. The quantitative estimate of drug-likeness (QED) is 0.553. The first-order chi connectivity index (χ1) is 13.5. The molecular weight excluding hydrogens is 381 g/mol. The van der Waals surface area contributed by atoms with E-state index in [2.05, 4.69) is 9.71 Å². The summed E-state index contributed by atoms with van der Waals surface area (Å²) in [7, 11) is -2.69. The molecule has 0 bridgehead atoms. The summed E-state index contributed by atoms with van der Waals surface area (Å²) in [6.45, 7) is 0. The third-order valence-corrected chi connectivity index (χ3v) is 5.61. The largest absolute Gasteiger partial charge is 0.494 e. The van der Waals surface area contributed by atoms with Crippen LogP contribution in [0.1, 0.15) is 0 Å². The minimum Gasteiger partial charge on any atom is -0.494 e. The van der Waals surface area contributed by atoms with Gasteiger partial charge in [0.1, 0.15) is 5.65 Å². The summed E-state index contributed by atoms with van der Waals surface area (Å²) in [5.74, 6) is -0.775. The third-order valence-electron chi connectivity index (χ3n) is 4.24. The van der Waals surface area contributed by atoms with Gasteiger partial charge in [0, 0.05) is 18.0 Å². The van der Waals surface area contributed by atoms with Crippen LogP contribution < -0.4 is 9.46 Å². The van der Waals surface area contributed by atoms with Crippen molar-refractivity contribution < 1.29 is 17.5 Å². The van der Waals surface area contributed by atoms with Crippen LogP contribution in [-0.4, -0.2) is 24.9 Å². The van der Waals surface area contributed by atoms with Crippen molar-refractivity contribution in [2.75, 3.05) is 11.8 Å². The molecule has 0 saturated heterocycles. The lowest BCUT2D eigenvalue weighted by Gasteiger charge is -2.12. The van der Waals surface area contributed by atoms with E-state index >= 15 is 0 Å². The van der Waals surface area contributed by atoms with Gasteiger partial charge in [-0.05, 0) is 36.4 Å². The first kappa shape index (κ1) is 18.0. The molecule has 0 aliphatic rings. The van der Waals surface area contributed by atoms with E-state index < -0.39 is 15.8 Å². The van der Waals surface area contributed by atoms with Crippen LogP contribution in [0.15, 0.2) is 78.0 Å². The van der Waals surface area contributed by atoms with E-state index in [1.165, 1.54) is 19.2 Å². The average Bonchev–Trinajstić information content (AvgIpc) is 3.12. The Morgan fingerprint density at radius 3 is 2.61 bits per heavy atom. The average molecular weight is 397 g/mol. The molecule has 4 rings (SSSR count). The van der Waals surface area contributed by atoms with Gasteiger partial charge in [-0.1, -0.05) is 24.3 Å². The number of pyridine rings is 1. The van der Waals surface area contributed by atoms with E-state index in [0.717, 1.165) is 11.7 Å². The summed E-state index contributed by atoms with van der Waals surface area (Å²) in [5, 5.41) is 0. The summed E-state index contributed by atoms with van der Waals surface area (Å²) < 4.78 is 48.7. The number of methoxy groups -OCH3 is 1. The molecule has 0 saturated carbocycles. The Morgan fingerprint density at radius 2 is 1.86 bits per heavy atom. The lowest BCUT2D eigenvalue weighted by Crippen LogP contribution is -2.14. The fourth-order valence-electron chi connectivity index (χ4n) is 2.88. The second kappa shape index (κ2) is 6.97. The number of hydrogen-bond acceptors (Lipinski definition) is 4. The Labute approximate surface area is 161 Å². The molecule has 4 aromatic rings. The van der Waals surface area contributed by atoms with Gasteiger partial charge in [-0.2, -0.15) is 0 Å². The second-order valence-electron chi connectivity index (χ2n) is 6.04. The molecule has 8 heteroatoms. The van der Waals surface area contributed by atoms with Gasteiger partial charge in [0.05, 0.1) is 23.4 Å². The molecule has 0 radical (unpaired) electrons. The highest BCUT2D eigenvalue weighted by Crippen LogP contribution is 2.30. The minimum absolute atomic E-state index is 0.0240. The predicted octanol–water partition coefficient (Wildman–Crippen LogP) is 3.95. The normalized spacial score (nSPS) is 11.5. The second-order valence-corrected chi connectivity index (χ2v) is 7.72. The summed E-state index contributed by atoms with van der Waals surface area (Å²) in [4.78, 5) is 4.34. The van der Waals surface area contributed by atoms with Crippen LogP contribution in [0.25, 0.3) is 16.9 Å². The number of sulfonamides is 1. The number of imidazole rings is 1. The summed E-state index contributed by atoms with van der Waals surface area (Å²) in [5.41, 5.74) is 2.32. The van der Waals surface area contributed by atoms with Crippen molar-refractivity contribution in [3.05, 3.63) is 78.9 Å². The lowest BCUT2D eigenvalue weighted by atomic mass is 10.1. The van der Waals surface area contributed by atoms with Crippen molar-refractivity contribution in [3.8, 4) is 17.0 Å². The molecule has 1 N–H and O–H groups in total. The number of para-hydroxylation sites is 1. The third kappa shape index (κ3) is 3.29. The zero-order valence-corrected chi connectivity index (χ0v) is 15.7. The van der Waals surface area contributed by atoms with Crippen molar-refractivity contribution in [2.24, 2.45) is 0 Å². The monoisotopic (exact) mass is 397 g/mol. The van der Waals surface area contributed by atoms with Gasteiger partial charge in [-0.3, -0.25) is 4.72 Å². The molecular formula is C20H16FN3O3S. The standard InChI is InChI=1S/C20H16FN3O3S/c1-27-19-10-9-14(12-16(19)21)28(25,26)23-17-7-3-2-6-15(17)18-13-24-11-5-4-8-20(24)22-18/h2-13,23H,1H3. The highest BCUT2D eigenvalue weighted by molar-refractivity contribution is 7.92. The van der Waals surface area contributed by atoms with Crippen LogP contribution in [0.3, 0.4) is 0 Å². The van der Waals surface area contributed by atoms with E-state index in [9.17, 15) is 12.8 Å². The van der Waals surface area contributed by atoms with Crippen molar-refractivity contribution in [1.29, 1.82) is 0 Å². The number of nitrogens with zero attached hydrogens (tertiary/aromatic N) is 2. The molecule has 142 valence electrons. The number of anilines is 1. The van der Waals surface area contributed by atoms with Crippen LogP contribution in [0.4, 0.5) is 10.1 Å². The highest BCUT2D eigenvalue weighted by Gasteiger charge is 2.19. The fraction of sp³-hybridized carbons (Fsp3) is 0.0500. The fourth-order valence-corrected chi connectivity index (χ4v) is 3.97. The van der Waals surface area contributed by atoms with Crippen LogP contribution in [0, 0.1) is 5.82 Å². The molecule has 0 aliphatic carbocycles. The first-order valence-corrected chi connectivity index (χ1v) is 9.86. The maximum Gasteiger partial charge on any atom is 0.262 e. The van der Waals surface area contributed by atoms with Gasteiger partial charge in [-0.15, -0.1) is 0 Å². The van der Waals surface area contributed by atoms with E-state index in [4.69, 9.17) is 4.74 Å². The Bertz CT molecular complexity index is 1240. The molecule has 6 nitrogen and oxygen atoms in total. The summed E-state index contributed by atoms with van der Waals surface area (Å²) in [6, 6.07) is 16.0. The Morgan fingerprint density at radius 1 is 1.07 bits per heavy atom. The molecule has 0 aliphatic heterocycles. The van der Waals surface area contributed by atoms with Gasteiger partial charge in [0.2, 0.25) is 0 Å². The lowest BCUT2D eigenvalue weighted by molar-refractivity contribution is 0.385. The molecule has 2 aromatic carbocycles. The van der Waals surface area contributed by atoms with Gasteiger partial charge in [0.15, 0.2) is 11.6 Å². The zero-order valence-electron chi connectivity index (χ0n) is 14.8. The highest BCUT2D eigenvalue weighted by atomic mass is 32.2. The van der Waals surface area contributed by atoms with Crippen molar-refractivity contribution in [3.63, 3.8) is 0 Å². The maximum absolute atomic E-state index is 14.0. The number of hydrogen-bond donors (Lipinski definition) is 1. The van der Waals surface area contributed by atoms with Crippen LogP contribution in [0.5, 0.6) is 5.75 Å². The SMILES string of the molecule is COc1ccc(S(=O)(=O)Nc2ccccc2-c2cn3ccccc3n2)cc1F. The Hall–Kier alpha value is -3.39. The van der Waals surface area contributed by atoms with Crippen LogP contribution in [-0.2, 0) is 10.0 Å².